The van der Waals surface area contributed by atoms with E-state index in [4.69, 9.17) is 0 Å². The lowest BCUT2D eigenvalue weighted by atomic mass is 10.1. The number of rotatable bonds is 9. The minimum atomic E-state index is 0.0320. The molecule has 112 valence electrons. The van der Waals surface area contributed by atoms with Gasteiger partial charge in [0, 0.05) is 18.7 Å². The number of benzene rings is 1. The summed E-state index contributed by atoms with van der Waals surface area (Å²) in [7, 11) is 0. The maximum atomic E-state index is 11.9. The highest BCUT2D eigenvalue weighted by atomic mass is 16.1. The van der Waals surface area contributed by atoms with Crippen molar-refractivity contribution >= 4 is 5.91 Å². The fourth-order valence-corrected chi connectivity index (χ4v) is 2.02. The first-order valence-electron chi connectivity index (χ1n) is 7.71. The first-order chi connectivity index (χ1) is 9.63. The zero-order valence-electron chi connectivity index (χ0n) is 13.0. The van der Waals surface area contributed by atoms with Crippen molar-refractivity contribution in [1.29, 1.82) is 0 Å². The number of carbonyl (C=O) groups is 1. The largest absolute Gasteiger partial charge is 0.352 e. The van der Waals surface area contributed by atoms with Crippen molar-refractivity contribution in [2.75, 3.05) is 13.1 Å². The van der Waals surface area contributed by atoms with E-state index in [2.05, 4.69) is 31.4 Å². The van der Waals surface area contributed by atoms with Crippen molar-refractivity contribution < 1.29 is 4.79 Å². The number of unbranched alkanes of at least 4 members (excludes halogenated alkanes) is 1. The van der Waals surface area contributed by atoms with Crippen LogP contribution in [0.3, 0.4) is 0 Å². The third kappa shape index (κ3) is 6.71. The molecule has 1 aromatic rings. The van der Waals surface area contributed by atoms with Crippen LogP contribution in [0.15, 0.2) is 24.3 Å². The molecule has 2 N–H and O–H groups in total. The number of carbonyl (C=O) groups excluding carboxylic acids is 1. The smallest absolute Gasteiger partial charge is 0.251 e. The fraction of sp³-hybridized carbons (Fsp3) is 0.588. The van der Waals surface area contributed by atoms with Crippen LogP contribution in [0.5, 0.6) is 0 Å². The van der Waals surface area contributed by atoms with Gasteiger partial charge in [-0.1, -0.05) is 45.7 Å². The molecule has 0 unspecified atom stereocenters. The molecule has 20 heavy (non-hydrogen) atoms. The monoisotopic (exact) mass is 276 g/mol. The molecule has 3 heteroatoms. The summed E-state index contributed by atoms with van der Waals surface area (Å²) in [6.45, 7) is 9.12. The standard InChI is InChI=1S/C17H28N2O/c1-4-18-13-15-8-10-16(11-9-15)17(20)19-12-6-5-7-14(2)3/h8-11,14,18H,4-7,12-13H2,1-3H3,(H,19,20). The first kappa shape index (κ1) is 16.7. The van der Waals surface area contributed by atoms with E-state index >= 15 is 0 Å². The average Bonchev–Trinajstić information content (AvgIpc) is 2.44. The van der Waals surface area contributed by atoms with Gasteiger partial charge in [0.15, 0.2) is 0 Å². The van der Waals surface area contributed by atoms with Crippen LogP contribution in [0.4, 0.5) is 0 Å². The lowest BCUT2D eigenvalue weighted by molar-refractivity contribution is 0.0953. The van der Waals surface area contributed by atoms with Crippen LogP contribution < -0.4 is 10.6 Å². The number of hydrogen-bond acceptors (Lipinski definition) is 2. The van der Waals surface area contributed by atoms with Gasteiger partial charge < -0.3 is 10.6 Å². The summed E-state index contributed by atoms with van der Waals surface area (Å²) in [6.07, 6.45) is 3.47. The fourth-order valence-electron chi connectivity index (χ4n) is 2.02. The Labute approximate surface area is 123 Å². The summed E-state index contributed by atoms with van der Waals surface area (Å²) in [5.74, 6) is 0.777. The predicted octanol–water partition coefficient (Wildman–Crippen LogP) is 3.35. The number of hydrogen-bond donors (Lipinski definition) is 2. The maximum absolute atomic E-state index is 11.9. The lowest BCUT2D eigenvalue weighted by Crippen LogP contribution is -2.24. The number of amides is 1. The van der Waals surface area contributed by atoms with Crippen LogP contribution in [0.2, 0.25) is 0 Å². The molecule has 0 saturated carbocycles. The van der Waals surface area contributed by atoms with Crippen molar-refractivity contribution in [3.63, 3.8) is 0 Å². The van der Waals surface area contributed by atoms with E-state index in [1.54, 1.807) is 0 Å². The van der Waals surface area contributed by atoms with Crippen molar-refractivity contribution in [2.45, 2.75) is 46.6 Å². The molecule has 0 bridgehead atoms. The van der Waals surface area contributed by atoms with Crippen LogP contribution >= 0.6 is 0 Å². The Morgan fingerprint density at radius 3 is 2.45 bits per heavy atom. The molecule has 0 saturated heterocycles. The van der Waals surface area contributed by atoms with Gasteiger partial charge in [0.2, 0.25) is 0 Å². The van der Waals surface area contributed by atoms with E-state index in [9.17, 15) is 4.79 Å². The summed E-state index contributed by atoms with van der Waals surface area (Å²) >= 11 is 0. The van der Waals surface area contributed by atoms with E-state index in [-0.39, 0.29) is 5.91 Å². The normalized spacial score (nSPS) is 10.8. The van der Waals surface area contributed by atoms with E-state index in [1.165, 1.54) is 18.4 Å². The highest BCUT2D eigenvalue weighted by Crippen LogP contribution is 2.06. The second kappa shape index (κ2) is 9.54. The van der Waals surface area contributed by atoms with E-state index in [0.29, 0.717) is 0 Å². The molecular weight excluding hydrogens is 248 g/mol. The lowest BCUT2D eigenvalue weighted by Gasteiger charge is -2.07. The van der Waals surface area contributed by atoms with Crippen molar-refractivity contribution in [1.82, 2.24) is 10.6 Å². The molecule has 1 aromatic carbocycles. The van der Waals surface area contributed by atoms with Crippen LogP contribution in [0.25, 0.3) is 0 Å². The highest BCUT2D eigenvalue weighted by Gasteiger charge is 2.04. The van der Waals surface area contributed by atoms with Crippen LogP contribution in [-0.2, 0) is 6.54 Å². The Bertz CT molecular complexity index is 384. The molecule has 0 radical (unpaired) electrons. The van der Waals surface area contributed by atoms with Gasteiger partial charge in [-0.2, -0.15) is 0 Å². The van der Waals surface area contributed by atoms with Gasteiger partial charge in [-0.3, -0.25) is 4.79 Å². The van der Waals surface area contributed by atoms with Crippen molar-refractivity contribution in [3.05, 3.63) is 35.4 Å². The van der Waals surface area contributed by atoms with Crippen LogP contribution in [-0.4, -0.2) is 19.0 Å². The molecule has 0 atom stereocenters. The molecule has 0 aliphatic carbocycles. The average molecular weight is 276 g/mol. The molecule has 1 rings (SSSR count). The Kier molecular flexibility index (Phi) is 7.97. The van der Waals surface area contributed by atoms with E-state index < -0.39 is 0 Å². The van der Waals surface area contributed by atoms with Gasteiger partial charge in [-0.25, -0.2) is 0 Å². The Morgan fingerprint density at radius 2 is 1.85 bits per heavy atom. The maximum Gasteiger partial charge on any atom is 0.251 e. The van der Waals surface area contributed by atoms with Crippen molar-refractivity contribution in [2.24, 2.45) is 5.92 Å². The van der Waals surface area contributed by atoms with Crippen LogP contribution in [0.1, 0.15) is 56.0 Å². The molecule has 0 heterocycles. The molecular formula is C17H28N2O. The van der Waals surface area contributed by atoms with E-state index in [0.717, 1.165) is 37.5 Å². The minimum absolute atomic E-state index is 0.0320. The first-order valence-corrected chi connectivity index (χ1v) is 7.71. The second-order valence-electron chi connectivity index (χ2n) is 5.62. The van der Waals surface area contributed by atoms with Gasteiger partial charge in [0.25, 0.3) is 5.91 Å². The summed E-state index contributed by atoms with van der Waals surface area (Å²) in [6, 6.07) is 7.82. The third-order valence-corrected chi connectivity index (χ3v) is 3.29. The zero-order chi connectivity index (χ0) is 14.8. The molecule has 0 aliphatic heterocycles. The third-order valence-electron chi connectivity index (χ3n) is 3.29. The summed E-state index contributed by atoms with van der Waals surface area (Å²) < 4.78 is 0. The highest BCUT2D eigenvalue weighted by molar-refractivity contribution is 5.94. The molecule has 0 fully saturated rings. The molecule has 0 aromatic heterocycles. The topological polar surface area (TPSA) is 41.1 Å². The van der Waals surface area contributed by atoms with Crippen molar-refractivity contribution in [3.8, 4) is 0 Å². The van der Waals surface area contributed by atoms with Gasteiger partial charge >= 0.3 is 0 Å². The summed E-state index contributed by atoms with van der Waals surface area (Å²) in [4.78, 5) is 11.9. The van der Waals surface area contributed by atoms with E-state index in [1.807, 2.05) is 24.3 Å². The number of nitrogens with one attached hydrogen (secondary N) is 2. The molecule has 0 aliphatic rings. The minimum Gasteiger partial charge on any atom is -0.352 e. The predicted molar refractivity (Wildman–Crippen MR) is 84.8 cm³/mol. The quantitative estimate of drug-likeness (QED) is 0.679. The molecule has 3 nitrogen and oxygen atoms in total. The van der Waals surface area contributed by atoms with Gasteiger partial charge in [0.05, 0.1) is 0 Å². The Hall–Kier alpha value is -1.35. The van der Waals surface area contributed by atoms with Gasteiger partial charge in [-0.15, -0.1) is 0 Å². The Morgan fingerprint density at radius 1 is 1.15 bits per heavy atom. The second-order valence-corrected chi connectivity index (χ2v) is 5.62. The van der Waals surface area contributed by atoms with Gasteiger partial charge in [0.1, 0.15) is 0 Å². The SMILES string of the molecule is CCNCc1ccc(C(=O)NCCCCC(C)C)cc1. The summed E-state index contributed by atoms with van der Waals surface area (Å²) in [5, 5.41) is 6.25. The summed E-state index contributed by atoms with van der Waals surface area (Å²) in [5.41, 5.74) is 1.95. The van der Waals surface area contributed by atoms with Gasteiger partial charge in [-0.05, 0) is 36.6 Å². The van der Waals surface area contributed by atoms with Crippen LogP contribution in [0, 0.1) is 5.92 Å². The molecule has 1 amide bonds. The molecule has 0 spiro atoms. The zero-order valence-corrected chi connectivity index (χ0v) is 13.0. The Balaban J connectivity index is 2.29.